The summed E-state index contributed by atoms with van der Waals surface area (Å²) < 4.78 is 0.718. The van der Waals surface area contributed by atoms with Gasteiger partial charge in [0, 0.05) is 37.0 Å². The maximum Gasteiger partial charge on any atom is 0.261 e. The van der Waals surface area contributed by atoms with Crippen LogP contribution in [0.15, 0.2) is 35.2 Å². The Morgan fingerprint density at radius 2 is 2.14 bits per heavy atom. The highest BCUT2D eigenvalue weighted by molar-refractivity contribution is 9.10. The minimum Gasteiger partial charge on any atom is -0.371 e. The topological polar surface area (TPSA) is 49.3 Å². The summed E-state index contributed by atoms with van der Waals surface area (Å²) in [5, 5.41) is 0.201. The van der Waals surface area contributed by atoms with E-state index in [0.717, 1.165) is 22.4 Å². The van der Waals surface area contributed by atoms with Crippen LogP contribution in [0.2, 0.25) is 5.15 Å². The molecule has 0 spiro atoms. The summed E-state index contributed by atoms with van der Waals surface area (Å²) in [6.07, 6.45) is 4.98. The first-order valence-corrected chi connectivity index (χ1v) is 7.53. The zero-order valence-corrected chi connectivity index (χ0v) is 13.6. The molecule has 7 heteroatoms. The third-order valence-corrected chi connectivity index (χ3v) is 4.15. The van der Waals surface area contributed by atoms with Gasteiger partial charge in [0.2, 0.25) is 0 Å². The molecule has 2 aromatic rings. The molecule has 1 aliphatic rings. The predicted molar refractivity (Wildman–Crippen MR) is 86.1 cm³/mol. The smallest absolute Gasteiger partial charge is 0.261 e. The highest BCUT2D eigenvalue weighted by Gasteiger charge is 2.27. The van der Waals surface area contributed by atoms with Crippen molar-refractivity contribution in [3.8, 4) is 0 Å². The van der Waals surface area contributed by atoms with Crippen molar-refractivity contribution >= 4 is 44.8 Å². The summed E-state index contributed by atoms with van der Waals surface area (Å²) in [6.45, 7) is 1.33. The summed E-state index contributed by atoms with van der Waals surface area (Å²) in [5.41, 5.74) is 2.14. The van der Waals surface area contributed by atoms with Gasteiger partial charge in [0.15, 0.2) is 0 Å². The molecule has 1 aliphatic heterocycles. The van der Waals surface area contributed by atoms with Crippen molar-refractivity contribution in [3.63, 3.8) is 0 Å². The van der Waals surface area contributed by atoms with E-state index in [9.17, 15) is 4.79 Å². The predicted octanol–water partition coefficient (Wildman–Crippen LogP) is 2.99. The molecule has 0 fully saturated rings. The Balaban J connectivity index is 2.03. The second kappa shape index (κ2) is 5.61. The standard InChI is InChI=1S/C14H12BrClN4O/c1-19-4-5-20(12-8-17-3-2-11(12)19)14(21)10-6-9(15)7-18-13(10)16/h2-3,6-8H,4-5H2,1H3. The molecule has 3 rings (SSSR count). The van der Waals surface area contributed by atoms with E-state index in [1.165, 1.54) is 0 Å². The van der Waals surface area contributed by atoms with Crippen LogP contribution in [0.4, 0.5) is 11.4 Å². The maximum absolute atomic E-state index is 12.8. The molecule has 0 radical (unpaired) electrons. The molecule has 0 saturated heterocycles. The van der Waals surface area contributed by atoms with Gasteiger partial charge in [0.1, 0.15) is 5.15 Å². The lowest BCUT2D eigenvalue weighted by Crippen LogP contribution is -2.42. The molecule has 1 amide bonds. The number of likely N-dealkylation sites (N-methyl/N-ethyl adjacent to an activating group) is 1. The first-order valence-electron chi connectivity index (χ1n) is 6.36. The summed E-state index contributed by atoms with van der Waals surface area (Å²) in [4.78, 5) is 24.7. The van der Waals surface area contributed by atoms with E-state index in [1.54, 1.807) is 29.6 Å². The zero-order valence-electron chi connectivity index (χ0n) is 11.3. The number of nitrogens with zero attached hydrogens (tertiary/aromatic N) is 4. The minimum atomic E-state index is -0.170. The highest BCUT2D eigenvalue weighted by atomic mass is 79.9. The number of fused-ring (bicyclic) bond motifs is 1. The first kappa shape index (κ1) is 14.3. The molecule has 0 aliphatic carbocycles. The van der Waals surface area contributed by atoms with E-state index in [4.69, 9.17) is 11.6 Å². The number of aromatic nitrogens is 2. The van der Waals surface area contributed by atoms with Crippen LogP contribution >= 0.6 is 27.5 Å². The lowest BCUT2D eigenvalue weighted by atomic mass is 10.1. The van der Waals surface area contributed by atoms with Crippen LogP contribution < -0.4 is 9.80 Å². The summed E-state index contributed by atoms with van der Waals surface area (Å²) in [7, 11) is 1.99. The molecule has 3 heterocycles. The first-order chi connectivity index (χ1) is 10.1. The number of carbonyl (C=O) groups excluding carboxylic acids is 1. The number of hydrogen-bond acceptors (Lipinski definition) is 4. The number of pyridine rings is 2. The van der Waals surface area contributed by atoms with Crippen LogP contribution in [-0.4, -0.2) is 36.0 Å². The van der Waals surface area contributed by atoms with Crippen molar-refractivity contribution in [1.82, 2.24) is 9.97 Å². The quantitative estimate of drug-likeness (QED) is 0.727. The number of anilines is 2. The van der Waals surface area contributed by atoms with E-state index in [0.29, 0.717) is 12.1 Å². The Morgan fingerprint density at radius 3 is 2.95 bits per heavy atom. The Morgan fingerprint density at radius 1 is 1.33 bits per heavy atom. The van der Waals surface area contributed by atoms with Gasteiger partial charge in [-0.25, -0.2) is 4.98 Å². The summed E-state index contributed by atoms with van der Waals surface area (Å²) in [5.74, 6) is -0.170. The fraction of sp³-hybridized carbons (Fsp3) is 0.214. The van der Waals surface area contributed by atoms with Gasteiger partial charge in [-0.2, -0.15) is 0 Å². The fourth-order valence-electron chi connectivity index (χ4n) is 2.33. The maximum atomic E-state index is 12.8. The van der Waals surface area contributed by atoms with Gasteiger partial charge < -0.3 is 9.80 Å². The molecule has 108 valence electrons. The SMILES string of the molecule is CN1CCN(C(=O)c2cc(Br)cnc2Cl)c2cnccc21. The van der Waals surface area contributed by atoms with Crippen molar-refractivity contribution in [3.05, 3.63) is 45.9 Å². The molecule has 2 aromatic heterocycles. The van der Waals surface area contributed by atoms with E-state index < -0.39 is 0 Å². The average Bonchev–Trinajstić information content (AvgIpc) is 2.50. The third-order valence-electron chi connectivity index (χ3n) is 3.42. The van der Waals surface area contributed by atoms with E-state index >= 15 is 0 Å². The molecular weight excluding hydrogens is 356 g/mol. The van der Waals surface area contributed by atoms with Gasteiger partial charge >= 0.3 is 0 Å². The van der Waals surface area contributed by atoms with Crippen LogP contribution in [0.25, 0.3) is 0 Å². The lowest BCUT2D eigenvalue weighted by Gasteiger charge is -2.35. The van der Waals surface area contributed by atoms with E-state index in [2.05, 4.69) is 30.8 Å². The number of halogens is 2. The Hall–Kier alpha value is -1.66. The van der Waals surface area contributed by atoms with E-state index in [-0.39, 0.29) is 11.1 Å². The molecule has 0 aromatic carbocycles. The number of rotatable bonds is 1. The van der Waals surface area contributed by atoms with Gasteiger partial charge in [-0.05, 0) is 28.1 Å². The molecule has 0 atom stereocenters. The number of amides is 1. The van der Waals surface area contributed by atoms with Crippen LogP contribution in [0.5, 0.6) is 0 Å². The molecule has 0 unspecified atom stereocenters. The Kier molecular flexibility index (Phi) is 3.82. The Bertz CT molecular complexity index is 709. The van der Waals surface area contributed by atoms with E-state index in [1.807, 2.05) is 13.1 Å². The highest BCUT2D eigenvalue weighted by Crippen LogP contribution is 2.32. The van der Waals surface area contributed by atoms with Crippen LogP contribution in [0.3, 0.4) is 0 Å². The minimum absolute atomic E-state index is 0.170. The molecule has 5 nitrogen and oxygen atoms in total. The fourth-order valence-corrected chi connectivity index (χ4v) is 2.84. The van der Waals surface area contributed by atoms with Crippen molar-refractivity contribution in [2.75, 3.05) is 29.9 Å². The summed E-state index contributed by atoms with van der Waals surface area (Å²) >= 11 is 9.38. The van der Waals surface area contributed by atoms with Gasteiger partial charge in [0.25, 0.3) is 5.91 Å². The van der Waals surface area contributed by atoms with Crippen molar-refractivity contribution in [1.29, 1.82) is 0 Å². The van der Waals surface area contributed by atoms with Crippen molar-refractivity contribution < 1.29 is 4.79 Å². The largest absolute Gasteiger partial charge is 0.371 e. The Labute approximate surface area is 135 Å². The number of hydrogen-bond donors (Lipinski definition) is 0. The molecular formula is C14H12BrClN4O. The monoisotopic (exact) mass is 366 g/mol. The van der Waals surface area contributed by atoms with Gasteiger partial charge in [-0.1, -0.05) is 11.6 Å². The second-order valence-corrected chi connectivity index (χ2v) is 6.01. The average molecular weight is 368 g/mol. The normalized spacial score (nSPS) is 14.0. The molecule has 0 saturated carbocycles. The van der Waals surface area contributed by atoms with Gasteiger partial charge in [-0.3, -0.25) is 9.78 Å². The zero-order chi connectivity index (χ0) is 15.0. The second-order valence-electron chi connectivity index (χ2n) is 4.73. The summed E-state index contributed by atoms with van der Waals surface area (Å²) in [6, 6.07) is 3.58. The molecule has 0 N–H and O–H groups in total. The van der Waals surface area contributed by atoms with Gasteiger partial charge in [-0.15, -0.1) is 0 Å². The van der Waals surface area contributed by atoms with Gasteiger partial charge in [0.05, 0.1) is 23.1 Å². The number of carbonyl (C=O) groups is 1. The van der Waals surface area contributed by atoms with Crippen LogP contribution in [-0.2, 0) is 0 Å². The van der Waals surface area contributed by atoms with Crippen molar-refractivity contribution in [2.45, 2.75) is 0 Å². The molecule has 0 bridgehead atoms. The third kappa shape index (κ3) is 2.61. The molecule has 21 heavy (non-hydrogen) atoms. The van der Waals surface area contributed by atoms with Crippen LogP contribution in [0.1, 0.15) is 10.4 Å². The van der Waals surface area contributed by atoms with Crippen LogP contribution in [0, 0.1) is 0 Å². The lowest BCUT2D eigenvalue weighted by molar-refractivity contribution is 0.0986. The van der Waals surface area contributed by atoms with Crippen molar-refractivity contribution in [2.24, 2.45) is 0 Å².